The number of methoxy groups -OCH3 is 1. The molecule has 0 bridgehead atoms. The van der Waals surface area contributed by atoms with Crippen LogP contribution in [0.5, 0.6) is 0 Å². The SMILES string of the molecule is COCCCn1c(SCc2cn3ccccc3c2C#N)nc2cc(Cl)ccc2c1=O. The van der Waals surface area contributed by atoms with Gasteiger partial charge < -0.3 is 9.14 Å². The molecule has 152 valence electrons. The number of nitrogens with zero attached hydrogens (tertiary/aromatic N) is 4. The summed E-state index contributed by atoms with van der Waals surface area (Å²) in [6.07, 6.45) is 4.57. The van der Waals surface area contributed by atoms with Crippen molar-refractivity contribution in [2.24, 2.45) is 0 Å². The monoisotopic (exact) mass is 438 g/mol. The van der Waals surface area contributed by atoms with Crippen molar-refractivity contribution < 1.29 is 4.74 Å². The molecule has 0 saturated carbocycles. The Hall–Kier alpha value is -2.79. The van der Waals surface area contributed by atoms with E-state index in [1.165, 1.54) is 11.8 Å². The van der Waals surface area contributed by atoms with E-state index < -0.39 is 0 Å². The van der Waals surface area contributed by atoms with E-state index in [0.717, 1.165) is 11.1 Å². The molecule has 0 atom stereocenters. The number of hydrogen-bond acceptors (Lipinski definition) is 5. The van der Waals surface area contributed by atoms with Gasteiger partial charge in [0.25, 0.3) is 5.56 Å². The number of benzene rings is 1. The molecular formula is C22H19ClN4O2S. The predicted molar refractivity (Wildman–Crippen MR) is 119 cm³/mol. The summed E-state index contributed by atoms with van der Waals surface area (Å²) in [4.78, 5) is 17.8. The van der Waals surface area contributed by atoms with E-state index in [0.29, 0.717) is 52.0 Å². The number of thioether (sulfide) groups is 1. The van der Waals surface area contributed by atoms with Crippen LogP contribution in [0.3, 0.4) is 0 Å². The molecule has 0 fully saturated rings. The summed E-state index contributed by atoms with van der Waals surface area (Å²) in [5.41, 5.74) is 2.88. The zero-order chi connectivity index (χ0) is 21.1. The fourth-order valence-electron chi connectivity index (χ4n) is 3.41. The smallest absolute Gasteiger partial charge is 0.262 e. The minimum absolute atomic E-state index is 0.0992. The number of aromatic nitrogens is 3. The van der Waals surface area contributed by atoms with Crippen molar-refractivity contribution in [1.29, 1.82) is 5.26 Å². The molecule has 0 saturated heterocycles. The van der Waals surface area contributed by atoms with Gasteiger partial charge in [0.2, 0.25) is 0 Å². The van der Waals surface area contributed by atoms with Crippen LogP contribution in [0.25, 0.3) is 16.4 Å². The lowest BCUT2D eigenvalue weighted by Gasteiger charge is -2.13. The second-order valence-electron chi connectivity index (χ2n) is 6.78. The molecule has 0 aliphatic carbocycles. The predicted octanol–water partition coefficient (Wildman–Crippen LogP) is 4.50. The van der Waals surface area contributed by atoms with Crippen LogP contribution in [0.4, 0.5) is 0 Å². The van der Waals surface area contributed by atoms with E-state index in [9.17, 15) is 10.1 Å². The summed E-state index contributed by atoms with van der Waals surface area (Å²) in [7, 11) is 1.64. The van der Waals surface area contributed by atoms with Gasteiger partial charge in [-0.05, 0) is 42.3 Å². The maximum Gasteiger partial charge on any atom is 0.262 e. The molecule has 0 N–H and O–H groups in total. The Morgan fingerprint density at radius 1 is 1.30 bits per heavy atom. The Morgan fingerprint density at radius 2 is 2.17 bits per heavy atom. The first kappa shape index (κ1) is 20.5. The number of pyridine rings is 1. The third-order valence-corrected chi connectivity index (χ3v) is 6.10. The van der Waals surface area contributed by atoms with Gasteiger partial charge in [-0.2, -0.15) is 5.26 Å². The summed E-state index contributed by atoms with van der Waals surface area (Å²) in [6.45, 7) is 1.06. The van der Waals surface area contributed by atoms with Gasteiger partial charge in [0.05, 0.1) is 22.0 Å². The average molecular weight is 439 g/mol. The lowest BCUT2D eigenvalue weighted by Crippen LogP contribution is -2.24. The molecule has 0 aliphatic heterocycles. The highest BCUT2D eigenvalue weighted by atomic mass is 35.5. The molecule has 1 aromatic carbocycles. The van der Waals surface area contributed by atoms with E-state index in [2.05, 4.69) is 6.07 Å². The average Bonchev–Trinajstić information content (AvgIpc) is 3.11. The summed E-state index contributed by atoms with van der Waals surface area (Å²) in [6, 6.07) is 13.2. The lowest BCUT2D eigenvalue weighted by atomic mass is 10.2. The summed E-state index contributed by atoms with van der Waals surface area (Å²) in [5.74, 6) is 0.521. The number of rotatable bonds is 7. The fourth-order valence-corrected chi connectivity index (χ4v) is 4.57. The molecule has 6 nitrogen and oxygen atoms in total. The van der Waals surface area contributed by atoms with Gasteiger partial charge in [0.15, 0.2) is 5.16 Å². The first-order valence-electron chi connectivity index (χ1n) is 9.43. The Balaban J connectivity index is 1.73. The maximum absolute atomic E-state index is 13.1. The highest BCUT2D eigenvalue weighted by Gasteiger charge is 2.15. The molecule has 4 aromatic rings. The molecule has 8 heteroatoms. The zero-order valence-electron chi connectivity index (χ0n) is 16.3. The van der Waals surface area contributed by atoms with Gasteiger partial charge in [0, 0.05) is 43.4 Å². The highest BCUT2D eigenvalue weighted by molar-refractivity contribution is 7.98. The lowest BCUT2D eigenvalue weighted by molar-refractivity contribution is 0.189. The van der Waals surface area contributed by atoms with Crippen LogP contribution in [0.2, 0.25) is 5.02 Å². The molecule has 3 aromatic heterocycles. The number of halogens is 1. The van der Waals surface area contributed by atoms with Crippen LogP contribution in [-0.4, -0.2) is 27.7 Å². The van der Waals surface area contributed by atoms with Gasteiger partial charge in [-0.25, -0.2) is 4.98 Å². The molecule has 0 aliphatic rings. The molecule has 0 spiro atoms. The standard InChI is InChI=1S/C22H19ClN4O2S/c1-29-10-4-9-27-21(28)17-7-6-16(23)11-19(17)25-22(27)30-14-15-13-26-8-3-2-5-20(26)18(15)12-24/h2-3,5-8,11,13H,4,9-10,14H2,1H3. The fraction of sp³-hybridized carbons (Fsp3) is 0.227. The van der Waals surface area contributed by atoms with E-state index >= 15 is 0 Å². The molecule has 3 heterocycles. The highest BCUT2D eigenvalue weighted by Crippen LogP contribution is 2.27. The van der Waals surface area contributed by atoms with Crippen molar-refractivity contribution in [2.45, 2.75) is 23.9 Å². The van der Waals surface area contributed by atoms with Crippen LogP contribution in [0.15, 0.2) is 58.7 Å². The molecule has 0 unspecified atom stereocenters. The summed E-state index contributed by atoms with van der Waals surface area (Å²) >= 11 is 7.55. The molecule has 4 rings (SSSR count). The van der Waals surface area contributed by atoms with Crippen LogP contribution >= 0.6 is 23.4 Å². The first-order chi connectivity index (χ1) is 14.6. The van der Waals surface area contributed by atoms with Crippen LogP contribution in [-0.2, 0) is 17.0 Å². The van der Waals surface area contributed by atoms with Gasteiger partial charge in [-0.3, -0.25) is 9.36 Å². The normalized spacial score (nSPS) is 11.2. The summed E-state index contributed by atoms with van der Waals surface area (Å²) in [5, 5.41) is 11.3. The summed E-state index contributed by atoms with van der Waals surface area (Å²) < 4.78 is 8.76. The second kappa shape index (κ2) is 8.92. The van der Waals surface area contributed by atoms with Gasteiger partial charge in [-0.1, -0.05) is 29.4 Å². The molecular weight excluding hydrogens is 420 g/mol. The number of ether oxygens (including phenoxy) is 1. The van der Waals surface area contributed by atoms with Crippen molar-refractivity contribution in [2.75, 3.05) is 13.7 Å². The van der Waals surface area contributed by atoms with Gasteiger partial charge in [-0.15, -0.1) is 0 Å². The first-order valence-corrected chi connectivity index (χ1v) is 10.8. The van der Waals surface area contributed by atoms with E-state index in [1.54, 1.807) is 29.9 Å². The van der Waals surface area contributed by atoms with Crippen molar-refractivity contribution in [3.05, 3.63) is 75.3 Å². The third kappa shape index (κ3) is 3.94. The van der Waals surface area contributed by atoms with Crippen molar-refractivity contribution in [3.8, 4) is 6.07 Å². The van der Waals surface area contributed by atoms with Crippen molar-refractivity contribution in [1.82, 2.24) is 14.0 Å². The van der Waals surface area contributed by atoms with E-state index in [-0.39, 0.29) is 5.56 Å². The molecule has 0 radical (unpaired) electrons. The minimum Gasteiger partial charge on any atom is -0.385 e. The second-order valence-corrected chi connectivity index (χ2v) is 8.16. The Labute approximate surface area is 182 Å². The van der Waals surface area contributed by atoms with Crippen LogP contribution < -0.4 is 5.56 Å². The minimum atomic E-state index is -0.0992. The maximum atomic E-state index is 13.1. The Bertz CT molecular complexity index is 1320. The van der Waals surface area contributed by atoms with Crippen LogP contribution in [0.1, 0.15) is 17.5 Å². The Kier molecular flexibility index (Phi) is 6.09. The van der Waals surface area contributed by atoms with Gasteiger partial charge >= 0.3 is 0 Å². The Morgan fingerprint density at radius 3 is 2.97 bits per heavy atom. The topological polar surface area (TPSA) is 72.3 Å². The number of nitriles is 1. The third-order valence-electron chi connectivity index (χ3n) is 4.84. The van der Waals surface area contributed by atoms with Crippen molar-refractivity contribution in [3.63, 3.8) is 0 Å². The number of hydrogen-bond donors (Lipinski definition) is 0. The zero-order valence-corrected chi connectivity index (χ0v) is 17.9. The van der Waals surface area contributed by atoms with Crippen molar-refractivity contribution >= 4 is 39.8 Å². The van der Waals surface area contributed by atoms with E-state index in [4.69, 9.17) is 21.3 Å². The van der Waals surface area contributed by atoms with Crippen LogP contribution in [0, 0.1) is 11.3 Å². The molecule has 0 amide bonds. The van der Waals surface area contributed by atoms with Gasteiger partial charge in [0.1, 0.15) is 6.07 Å². The van der Waals surface area contributed by atoms with E-state index in [1.807, 2.05) is 35.0 Å². The number of fused-ring (bicyclic) bond motifs is 2. The largest absolute Gasteiger partial charge is 0.385 e. The quantitative estimate of drug-likeness (QED) is 0.241. The molecule has 30 heavy (non-hydrogen) atoms.